The van der Waals surface area contributed by atoms with E-state index in [1.54, 1.807) is 13.3 Å². The standard InChI is InChI=1S/C8H15N3O/c1-3-9-6-8-10-4-5-11(8)7-12-2/h4-5,9H,3,6-7H2,1-2H3. The molecule has 0 atom stereocenters. The molecule has 0 aliphatic rings. The monoisotopic (exact) mass is 169 g/mol. The summed E-state index contributed by atoms with van der Waals surface area (Å²) in [5.41, 5.74) is 0. The van der Waals surface area contributed by atoms with E-state index in [0.29, 0.717) is 6.73 Å². The van der Waals surface area contributed by atoms with Crippen molar-refractivity contribution < 1.29 is 4.74 Å². The summed E-state index contributed by atoms with van der Waals surface area (Å²) in [6.07, 6.45) is 3.70. The summed E-state index contributed by atoms with van der Waals surface area (Å²) in [6, 6.07) is 0. The average Bonchev–Trinajstić information content (AvgIpc) is 2.50. The van der Waals surface area contributed by atoms with Crippen molar-refractivity contribution in [2.75, 3.05) is 13.7 Å². The molecule has 0 unspecified atom stereocenters. The topological polar surface area (TPSA) is 39.1 Å². The summed E-state index contributed by atoms with van der Waals surface area (Å²) < 4.78 is 6.98. The molecule has 1 aromatic rings. The number of methoxy groups -OCH3 is 1. The van der Waals surface area contributed by atoms with Gasteiger partial charge in [-0.25, -0.2) is 4.98 Å². The number of nitrogens with zero attached hydrogens (tertiary/aromatic N) is 2. The fraction of sp³-hybridized carbons (Fsp3) is 0.625. The van der Waals surface area contributed by atoms with Gasteiger partial charge in [0.2, 0.25) is 0 Å². The van der Waals surface area contributed by atoms with Gasteiger partial charge in [0.25, 0.3) is 0 Å². The summed E-state index contributed by atoms with van der Waals surface area (Å²) in [7, 11) is 1.68. The molecule has 1 N–H and O–H groups in total. The lowest BCUT2D eigenvalue weighted by molar-refractivity contribution is 0.128. The molecular formula is C8H15N3O. The largest absolute Gasteiger partial charge is 0.364 e. The van der Waals surface area contributed by atoms with Crippen LogP contribution in [0.25, 0.3) is 0 Å². The van der Waals surface area contributed by atoms with Crippen molar-refractivity contribution in [3.05, 3.63) is 18.2 Å². The van der Waals surface area contributed by atoms with Crippen molar-refractivity contribution in [3.8, 4) is 0 Å². The second kappa shape index (κ2) is 4.90. The first-order valence-electron chi connectivity index (χ1n) is 4.08. The first-order valence-corrected chi connectivity index (χ1v) is 4.08. The highest BCUT2D eigenvalue weighted by Gasteiger charge is 1.99. The van der Waals surface area contributed by atoms with Gasteiger partial charge in [-0.1, -0.05) is 6.92 Å². The van der Waals surface area contributed by atoms with E-state index in [0.717, 1.165) is 18.9 Å². The van der Waals surface area contributed by atoms with Crippen LogP contribution in [0.3, 0.4) is 0 Å². The van der Waals surface area contributed by atoms with E-state index in [2.05, 4.69) is 17.2 Å². The van der Waals surface area contributed by atoms with Gasteiger partial charge in [0, 0.05) is 19.5 Å². The lowest BCUT2D eigenvalue weighted by Crippen LogP contribution is -2.16. The molecule has 0 aliphatic carbocycles. The summed E-state index contributed by atoms with van der Waals surface area (Å²) in [5, 5.41) is 3.21. The Bertz CT molecular complexity index is 222. The predicted octanol–water partition coefficient (Wildman–Crippen LogP) is 0.596. The minimum atomic E-state index is 0.570. The molecule has 1 rings (SSSR count). The van der Waals surface area contributed by atoms with Crippen molar-refractivity contribution in [3.63, 3.8) is 0 Å². The second-order valence-corrected chi connectivity index (χ2v) is 2.51. The summed E-state index contributed by atoms with van der Waals surface area (Å²) in [6.45, 7) is 4.40. The Morgan fingerprint density at radius 1 is 1.67 bits per heavy atom. The molecule has 0 fully saturated rings. The molecule has 0 spiro atoms. The van der Waals surface area contributed by atoms with Crippen LogP contribution in [-0.2, 0) is 18.0 Å². The third-order valence-corrected chi connectivity index (χ3v) is 1.60. The third-order valence-electron chi connectivity index (χ3n) is 1.60. The number of ether oxygens (including phenoxy) is 1. The van der Waals surface area contributed by atoms with Crippen LogP contribution >= 0.6 is 0 Å². The lowest BCUT2D eigenvalue weighted by Gasteiger charge is -2.05. The zero-order valence-corrected chi connectivity index (χ0v) is 7.58. The van der Waals surface area contributed by atoms with Gasteiger partial charge in [-0.2, -0.15) is 0 Å². The number of aromatic nitrogens is 2. The van der Waals surface area contributed by atoms with E-state index in [-0.39, 0.29) is 0 Å². The van der Waals surface area contributed by atoms with E-state index in [1.165, 1.54) is 0 Å². The fourth-order valence-corrected chi connectivity index (χ4v) is 1.00. The van der Waals surface area contributed by atoms with Crippen LogP contribution < -0.4 is 5.32 Å². The smallest absolute Gasteiger partial charge is 0.124 e. The second-order valence-electron chi connectivity index (χ2n) is 2.51. The molecule has 1 aromatic heterocycles. The molecule has 4 heteroatoms. The van der Waals surface area contributed by atoms with Gasteiger partial charge in [-0.15, -0.1) is 0 Å². The summed E-state index contributed by atoms with van der Waals surface area (Å²) in [4.78, 5) is 4.19. The van der Waals surface area contributed by atoms with Gasteiger partial charge in [0.15, 0.2) is 0 Å². The maximum Gasteiger partial charge on any atom is 0.124 e. The Balaban J connectivity index is 2.51. The highest BCUT2D eigenvalue weighted by molar-refractivity contribution is 4.90. The van der Waals surface area contributed by atoms with E-state index >= 15 is 0 Å². The quantitative estimate of drug-likeness (QED) is 0.701. The molecule has 12 heavy (non-hydrogen) atoms. The van der Waals surface area contributed by atoms with Crippen LogP contribution in [0.15, 0.2) is 12.4 Å². The fourth-order valence-electron chi connectivity index (χ4n) is 1.00. The average molecular weight is 169 g/mol. The zero-order chi connectivity index (χ0) is 8.81. The van der Waals surface area contributed by atoms with Crippen molar-refractivity contribution in [2.45, 2.75) is 20.2 Å². The van der Waals surface area contributed by atoms with Crippen molar-refractivity contribution in [1.29, 1.82) is 0 Å². The molecule has 4 nitrogen and oxygen atoms in total. The van der Waals surface area contributed by atoms with Crippen LogP contribution in [0.1, 0.15) is 12.7 Å². The van der Waals surface area contributed by atoms with Gasteiger partial charge < -0.3 is 14.6 Å². The zero-order valence-electron chi connectivity index (χ0n) is 7.58. The predicted molar refractivity (Wildman–Crippen MR) is 46.6 cm³/mol. The van der Waals surface area contributed by atoms with Crippen molar-refractivity contribution in [1.82, 2.24) is 14.9 Å². The molecule has 0 saturated heterocycles. The van der Waals surface area contributed by atoms with E-state index in [1.807, 2.05) is 10.8 Å². The van der Waals surface area contributed by atoms with Crippen molar-refractivity contribution >= 4 is 0 Å². The molecule has 0 aromatic carbocycles. The first-order chi connectivity index (χ1) is 5.88. The molecular weight excluding hydrogens is 154 g/mol. The number of imidazole rings is 1. The molecule has 0 aliphatic heterocycles. The Morgan fingerprint density at radius 2 is 2.50 bits per heavy atom. The number of nitrogens with one attached hydrogen (secondary N) is 1. The van der Waals surface area contributed by atoms with Crippen LogP contribution in [0.2, 0.25) is 0 Å². The molecule has 68 valence electrons. The van der Waals surface area contributed by atoms with E-state index in [9.17, 15) is 0 Å². The molecule has 0 radical (unpaired) electrons. The SMILES string of the molecule is CCNCc1nccn1COC. The Kier molecular flexibility index (Phi) is 3.76. The van der Waals surface area contributed by atoms with Crippen LogP contribution in [0, 0.1) is 0 Å². The van der Waals surface area contributed by atoms with Crippen LogP contribution in [0.5, 0.6) is 0 Å². The van der Waals surface area contributed by atoms with E-state index in [4.69, 9.17) is 4.74 Å². The van der Waals surface area contributed by atoms with Crippen LogP contribution in [0.4, 0.5) is 0 Å². The summed E-state index contributed by atoms with van der Waals surface area (Å²) in [5.74, 6) is 1.01. The highest BCUT2D eigenvalue weighted by Crippen LogP contribution is 1.96. The molecule has 0 amide bonds. The van der Waals surface area contributed by atoms with Gasteiger partial charge in [0.05, 0.1) is 6.54 Å². The number of hydrogen-bond acceptors (Lipinski definition) is 3. The molecule has 0 saturated carbocycles. The maximum absolute atomic E-state index is 5.00. The molecule has 1 heterocycles. The maximum atomic E-state index is 5.00. The van der Waals surface area contributed by atoms with Crippen LogP contribution in [-0.4, -0.2) is 23.2 Å². The normalized spacial score (nSPS) is 10.5. The van der Waals surface area contributed by atoms with Crippen molar-refractivity contribution in [2.24, 2.45) is 0 Å². The Hall–Kier alpha value is -0.870. The molecule has 0 bridgehead atoms. The number of rotatable bonds is 5. The first kappa shape index (κ1) is 9.22. The summed E-state index contributed by atoms with van der Waals surface area (Å²) >= 11 is 0. The Labute approximate surface area is 72.6 Å². The minimum absolute atomic E-state index is 0.570. The van der Waals surface area contributed by atoms with Gasteiger partial charge in [0.1, 0.15) is 12.6 Å². The highest BCUT2D eigenvalue weighted by atomic mass is 16.5. The van der Waals surface area contributed by atoms with Gasteiger partial charge in [-0.05, 0) is 6.54 Å². The Morgan fingerprint density at radius 3 is 3.17 bits per heavy atom. The number of hydrogen-bond donors (Lipinski definition) is 1. The lowest BCUT2D eigenvalue weighted by atomic mass is 10.5. The minimum Gasteiger partial charge on any atom is -0.364 e. The van der Waals surface area contributed by atoms with Gasteiger partial charge >= 0.3 is 0 Å². The third kappa shape index (κ3) is 2.32. The van der Waals surface area contributed by atoms with Gasteiger partial charge in [-0.3, -0.25) is 0 Å². The van der Waals surface area contributed by atoms with E-state index < -0.39 is 0 Å².